The summed E-state index contributed by atoms with van der Waals surface area (Å²) in [4.78, 5) is 25.9. The number of amides is 2. The van der Waals surface area contributed by atoms with E-state index in [0.29, 0.717) is 17.0 Å². The lowest BCUT2D eigenvalue weighted by Crippen LogP contribution is -2.28. The van der Waals surface area contributed by atoms with Crippen molar-refractivity contribution in [1.82, 2.24) is 5.32 Å². The number of rotatable bonds is 3. The number of benzene rings is 1. The maximum absolute atomic E-state index is 12.4. The van der Waals surface area contributed by atoms with Gasteiger partial charge in [0.2, 0.25) is 0 Å². The monoisotopic (exact) mass is 330 g/mol. The molecule has 1 atom stereocenters. The van der Waals surface area contributed by atoms with Gasteiger partial charge in [-0.2, -0.15) is 0 Å². The first-order valence-corrected chi connectivity index (χ1v) is 8.20. The van der Waals surface area contributed by atoms with Crippen LogP contribution >= 0.6 is 11.3 Å². The van der Waals surface area contributed by atoms with Crippen LogP contribution in [0.3, 0.4) is 0 Å². The molecule has 0 saturated heterocycles. The second-order valence-electron chi connectivity index (χ2n) is 5.61. The van der Waals surface area contributed by atoms with Crippen molar-refractivity contribution < 1.29 is 14.3 Å². The van der Waals surface area contributed by atoms with Gasteiger partial charge in [-0.25, -0.2) is 0 Å². The molecule has 0 spiro atoms. The second-order valence-corrected chi connectivity index (χ2v) is 7.07. The summed E-state index contributed by atoms with van der Waals surface area (Å²) in [5, 5.41) is 5.78. The minimum atomic E-state index is -0.175. The quantitative estimate of drug-likeness (QED) is 0.908. The van der Waals surface area contributed by atoms with Crippen LogP contribution in [0.15, 0.2) is 24.3 Å². The summed E-state index contributed by atoms with van der Waals surface area (Å²) in [5.74, 6) is 0.393. The Balaban J connectivity index is 1.77. The molecule has 2 aromatic rings. The summed E-state index contributed by atoms with van der Waals surface area (Å²) in [6.45, 7) is 5.89. The SMILES string of the molecule is Cc1cc(C(=O)N[C@@H](C)c2ccc3c(c2)NC(=O)CO3)c(C)s1. The zero-order chi connectivity index (χ0) is 16.6. The molecule has 2 heterocycles. The Morgan fingerprint density at radius 1 is 1.35 bits per heavy atom. The fourth-order valence-electron chi connectivity index (χ4n) is 2.58. The summed E-state index contributed by atoms with van der Waals surface area (Å²) >= 11 is 1.61. The predicted molar refractivity (Wildman–Crippen MR) is 90.2 cm³/mol. The summed E-state index contributed by atoms with van der Waals surface area (Å²) in [6, 6.07) is 7.28. The lowest BCUT2D eigenvalue weighted by atomic mass is 10.1. The molecule has 0 bridgehead atoms. The van der Waals surface area contributed by atoms with E-state index >= 15 is 0 Å². The first-order valence-electron chi connectivity index (χ1n) is 7.38. The van der Waals surface area contributed by atoms with Gasteiger partial charge in [0.25, 0.3) is 11.8 Å². The van der Waals surface area contributed by atoms with Crippen molar-refractivity contribution in [2.45, 2.75) is 26.8 Å². The third-order valence-electron chi connectivity index (χ3n) is 3.77. The van der Waals surface area contributed by atoms with E-state index in [1.54, 1.807) is 11.3 Å². The predicted octanol–water partition coefficient (Wildman–Crippen LogP) is 3.19. The van der Waals surface area contributed by atoms with Gasteiger partial charge in [0, 0.05) is 9.75 Å². The first kappa shape index (κ1) is 15.6. The van der Waals surface area contributed by atoms with Gasteiger partial charge in [0.15, 0.2) is 6.61 Å². The van der Waals surface area contributed by atoms with Gasteiger partial charge in [-0.1, -0.05) is 6.07 Å². The number of carbonyl (C=O) groups is 2. The molecule has 1 aliphatic rings. The van der Waals surface area contributed by atoms with E-state index in [2.05, 4.69) is 10.6 Å². The van der Waals surface area contributed by atoms with Gasteiger partial charge in [-0.3, -0.25) is 9.59 Å². The molecular formula is C17H18N2O3S. The molecule has 0 unspecified atom stereocenters. The van der Waals surface area contributed by atoms with Crippen molar-refractivity contribution in [3.8, 4) is 5.75 Å². The van der Waals surface area contributed by atoms with Crippen LogP contribution in [0.5, 0.6) is 5.75 Å². The van der Waals surface area contributed by atoms with Crippen LogP contribution in [0.2, 0.25) is 0 Å². The Morgan fingerprint density at radius 3 is 2.83 bits per heavy atom. The Kier molecular flexibility index (Phi) is 4.09. The van der Waals surface area contributed by atoms with Crippen LogP contribution in [0.1, 0.15) is 38.6 Å². The molecule has 2 N–H and O–H groups in total. The number of aryl methyl sites for hydroxylation is 2. The average Bonchev–Trinajstić information content (AvgIpc) is 2.85. The number of carbonyl (C=O) groups excluding carboxylic acids is 2. The van der Waals surface area contributed by atoms with Crippen molar-refractivity contribution in [3.63, 3.8) is 0 Å². The number of nitrogens with one attached hydrogen (secondary N) is 2. The molecule has 23 heavy (non-hydrogen) atoms. The molecule has 0 saturated carbocycles. The Hall–Kier alpha value is -2.34. The molecule has 2 amide bonds. The van der Waals surface area contributed by atoms with E-state index < -0.39 is 0 Å². The zero-order valence-electron chi connectivity index (χ0n) is 13.2. The van der Waals surface area contributed by atoms with Gasteiger partial charge in [0.1, 0.15) is 5.75 Å². The summed E-state index contributed by atoms with van der Waals surface area (Å²) in [6.07, 6.45) is 0. The molecule has 3 rings (SSSR count). The Labute approximate surface area is 138 Å². The molecule has 5 nitrogen and oxygen atoms in total. The summed E-state index contributed by atoms with van der Waals surface area (Å²) in [5.41, 5.74) is 2.27. The third-order valence-corrected chi connectivity index (χ3v) is 4.74. The van der Waals surface area contributed by atoms with Gasteiger partial charge in [0.05, 0.1) is 17.3 Å². The normalized spacial score (nSPS) is 14.5. The number of hydrogen-bond acceptors (Lipinski definition) is 4. The highest BCUT2D eigenvalue weighted by Gasteiger charge is 2.19. The molecule has 0 radical (unpaired) electrons. The van der Waals surface area contributed by atoms with Crippen LogP contribution < -0.4 is 15.4 Å². The molecule has 1 aromatic heterocycles. The smallest absolute Gasteiger partial charge is 0.262 e. The number of thiophene rings is 1. The van der Waals surface area contributed by atoms with Crippen molar-refractivity contribution in [2.24, 2.45) is 0 Å². The van der Waals surface area contributed by atoms with Crippen LogP contribution in [0.4, 0.5) is 5.69 Å². The lowest BCUT2D eigenvalue weighted by Gasteiger charge is -2.21. The van der Waals surface area contributed by atoms with Gasteiger partial charge in [-0.15, -0.1) is 11.3 Å². The average molecular weight is 330 g/mol. The van der Waals surface area contributed by atoms with Gasteiger partial charge >= 0.3 is 0 Å². The molecule has 0 fully saturated rings. The number of anilines is 1. The van der Waals surface area contributed by atoms with E-state index in [1.165, 1.54) is 0 Å². The second kappa shape index (κ2) is 6.04. The summed E-state index contributed by atoms with van der Waals surface area (Å²) in [7, 11) is 0. The molecule has 0 aliphatic carbocycles. The van der Waals surface area contributed by atoms with E-state index in [1.807, 2.05) is 45.0 Å². The standard InChI is InChI=1S/C17H18N2O3S/c1-9-6-13(11(3)23-9)17(21)18-10(2)12-4-5-15-14(7-12)19-16(20)8-22-15/h4-7,10H,8H2,1-3H3,(H,18,21)(H,19,20)/t10-/m0/s1. The molecular weight excluding hydrogens is 312 g/mol. The Bertz CT molecular complexity index is 782. The molecule has 120 valence electrons. The number of hydrogen-bond donors (Lipinski definition) is 2. The topological polar surface area (TPSA) is 67.4 Å². The minimum Gasteiger partial charge on any atom is -0.482 e. The molecule has 6 heteroatoms. The maximum Gasteiger partial charge on any atom is 0.262 e. The first-order chi connectivity index (χ1) is 10.9. The van der Waals surface area contributed by atoms with E-state index in [9.17, 15) is 9.59 Å². The highest BCUT2D eigenvalue weighted by molar-refractivity contribution is 7.12. The molecule has 1 aliphatic heterocycles. The number of ether oxygens (including phenoxy) is 1. The van der Waals surface area contributed by atoms with Crippen molar-refractivity contribution in [3.05, 3.63) is 45.1 Å². The largest absolute Gasteiger partial charge is 0.482 e. The van der Waals surface area contributed by atoms with Crippen molar-refractivity contribution in [2.75, 3.05) is 11.9 Å². The fourth-order valence-corrected chi connectivity index (χ4v) is 3.51. The van der Waals surface area contributed by atoms with Gasteiger partial charge in [-0.05, 0) is 44.5 Å². The van der Waals surface area contributed by atoms with Crippen LogP contribution in [-0.2, 0) is 4.79 Å². The zero-order valence-corrected chi connectivity index (χ0v) is 14.0. The highest BCUT2D eigenvalue weighted by atomic mass is 32.1. The van der Waals surface area contributed by atoms with Crippen LogP contribution in [-0.4, -0.2) is 18.4 Å². The third kappa shape index (κ3) is 3.22. The van der Waals surface area contributed by atoms with Crippen molar-refractivity contribution >= 4 is 28.8 Å². The minimum absolute atomic E-state index is 0.0371. The fraction of sp³-hybridized carbons (Fsp3) is 0.294. The van der Waals surface area contributed by atoms with Crippen molar-refractivity contribution in [1.29, 1.82) is 0 Å². The van der Waals surface area contributed by atoms with E-state index in [0.717, 1.165) is 15.3 Å². The van der Waals surface area contributed by atoms with E-state index in [-0.39, 0.29) is 24.5 Å². The highest BCUT2D eigenvalue weighted by Crippen LogP contribution is 2.30. The van der Waals surface area contributed by atoms with Gasteiger partial charge < -0.3 is 15.4 Å². The molecule has 1 aromatic carbocycles. The number of fused-ring (bicyclic) bond motifs is 1. The van der Waals surface area contributed by atoms with Crippen LogP contribution in [0.25, 0.3) is 0 Å². The van der Waals surface area contributed by atoms with E-state index in [4.69, 9.17) is 4.74 Å². The lowest BCUT2D eigenvalue weighted by molar-refractivity contribution is -0.118. The maximum atomic E-state index is 12.4. The Morgan fingerprint density at radius 2 is 2.13 bits per heavy atom. The van der Waals surface area contributed by atoms with Crippen LogP contribution in [0, 0.1) is 13.8 Å². The summed E-state index contributed by atoms with van der Waals surface area (Å²) < 4.78 is 5.34.